The molecule has 0 heterocycles. The molecule has 1 unspecified atom stereocenters. The van der Waals surface area contributed by atoms with Gasteiger partial charge >= 0.3 is 5.97 Å². The van der Waals surface area contributed by atoms with Crippen molar-refractivity contribution in [3.05, 3.63) is 23.8 Å². The molecule has 0 fully saturated rings. The number of phenolic OH excluding ortho intramolecular Hbond substituents is 1. The van der Waals surface area contributed by atoms with Crippen molar-refractivity contribution in [3.8, 4) is 11.5 Å². The van der Waals surface area contributed by atoms with Crippen molar-refractivity contribution < 1.29 is 19.7 Å². The zero-order valence-corrected chi connectivity index (χ0v) is 11.6. The second kappa shape index (κ2) is 6.43. The fraction of sp³-hybridized carbons (Fsp3) is 0.500. The van der Waals surface area contributed by atoms with Crippen LogP contribution in [-0.4, -0.2) is 28.8 Å². The van der Waals surface area contributed by atoms with Gasteiger partial charge in [0.25, 0.3) is 0 Å². The summed E-state index contributed by atoms with van der Waals surface area (Å²) in [5.74, 6) is -0.467. The van der Waals surface area contributed by atoms with Gasteiger partial charge in [0, 0.05) is 12.1 Å². The number of carboxylic acid groups (broad SMARTS) is 1. The van der Waals surface area contributed by atoms with Crippen molar-refractivity contribution in [2.24, 2.45) is 0 Å². The van der Waals surface area contributed by atoms with Gasteiger partial charge in [-0.3, -0.25) is 10.1 Å². The summed E-state index contributed by atoms with van der Waals surface area (Å²) in [6.45, 7) is 3.85. The number of carbonyl (C=O) groups is 1. The molecule has 3 N–H and O–H groups in total. The first kappa shape index (κ1) is 15.3. The fourth-order valence-electron chi connectivity index (χ4n) is 1.94. The summed E-state index contributed by atoms with van der Waals surface area (Å²) >= 11 is 0. The molecule has 0 aliphatic rings. The highest BCUT2D eigenvalue weighted by atomic mass is 16.5. The average molecular weight is 267 g/mol. The summed E-state index contributed by atoms with van der Waals surface area (Å²) in [5.41, 5.74) is -0.382. The van der Waals surface area contributed by atoms with Crippen LogP contribution >= 0.6 is 0 Å². The zero-order chi connectivity index (χ0) is 14.5. The quantitative estimate of drug-likeness (QED) is 0.705. The second-order valence-electron chi connectivity index (χ2n) is 4.71. The first-order valence-electron chi connectivity index (χ1n) is 6.28. The number of benzene rings is 1. The van der Waals surface area contributed by atoms with Gasteiger partial charge in [-0.15, -0.1) is 0 Å². The van der Waals surface area contributed by atoms with Crippen LogP contribution in [0.3, 0.4) is 0 Å². The Balaban J connectivity index is 2.83. The van der Waals surface area contributed by atoms with Crippen molar-refractivity contribution in [3.63, 3.8) is 0 Å². The highest BCUT2D eigenvalue weighted by molar-refractivity contribution is 5.78. The van der Waals surface area contributed by atoms with Gasteiger partial charge in [0.1, 0.15) is 5.54 Å². The molecule has 0 aromatic heterocycles. The number of phenols is 1. The van der Waals surface area contributed by atoms with E-state index in [-0.39, 0.29) is 12.3 Å². The maximum Gasteiger partial charge on any atom is 0.323 e. The normalized spacial score (nSPS) is 13.8. The van der Waals surface area contributed by atoms with Gasteiger partial charge in [0.05, 0.1) is 7.11 Å². The molecule has 106 valence electrons. The maximum atomic E-state index is 11.3. The van der Waals surface area contributed by atoms with Crippen LogP contribution in [0.5, 0.6) is 11.5 Å². The number of nitrogens with one attached hydrogen (secondary N) is 1. The van der Waals surface area contributed by atoms with Crippen LogP contribution in [-0.2, 0) is 11.3 Å². The highest BCUT2D eigenvalue weighted by Gasteiger charge is 2.31. The first-order chi connectivity index (χ1) is 8.94. The van der Waals surface area contributed by atoms with E-state index in [1.807, 2.05) is 6.92 Å². The summed E-state index contributed by atoms with van der Waals surface area (Å²) in [7, 11) is 1.48. The molecule has 0 bridgehead atoms. The van der Waals surface area contributed by atoms with Gasteiger partial charge in [0.15, 0.2) is 11.5 Å². The maximum absolute atomic E-state index is 11.3. The topological polar surface area (TPSA) is 78.8 Å². The Morgan fingerprint density at radius 3 is 2.68 bits per heavy atom. The van der Waals surface area contributed by atoms with Gasteiger partial charge < -0.3 is 14.9 Å². The molecule has 0 saturated heterocycles. The summed E-state index contributed by atoms with van der Waals surface area (Å²) in [5, 5.41) is 22.2. The fourth-order valence-corrected chi connectivity index (χ4v) is 1.94. The number of carboxylic acids is 1. The minimum absolute atomic E-state index is 0.0433. The number of methoxy groups -OCH3 is 1. The third-order valence-electron chi connectivity index (χ3n) is 3.19. The molecular formula is C14H21NO4. The van der Waals surface area contributed by atoms with E-state index in [4.69, 9.17) is 4.74 Å². The first-order valence-corrected chi connectivity index (χ1v) is 6.28. The summed E-state index contributed by atoms with van der Waals surface area (Å²) in [4.78, 5) is 11.3. The van der Waals surface area contributed by atoms with E-state index in [1.165, 1.54) is 7.11 Å². The molecule has 19 heavy (non-hydrogen) atoms. The summed E-state index contributed by atoms with van der Waals surface area (Å²) in [6.07, 6.45) is 1.28. The van der Waals surface area contributed by atoms with E-state index in [0.717, 1.165) is 6.42 Å². The van der Waals surface area contributed by atoms with E-state index in [1.54, 1.807) is 25.1 Å². The van der Waals surface area contributed by atoms with Crippen LogP contribution in [0.4, 0.5) is 0 Å². The zero-order valence-electron chi connectivity index (χ0n) is 11.6. The lowest BCUT2D eigenvalue weighted by atomic mass is 9.96. The van der Waals surface area contributed by atoms with Crippen LogP contribution in [0.25, 0.3) is 0 Å². The van der Waals surface area contributed by atoms with E-state index in [2.05, 4.69) is 5.32 Å². The molecule has 5 heteroatoms. The number of aromatic hydroxyl groups is 1. The molecule has 5 nitrogen and oxygen atoms in total. The van der Waals surface area contributed by atoms with Crippen molar-refractivity contribution in [2.45, 2.75) is 38.8 Å². The Bertz CT molecular complexity index is 447. The Labute approximate surface area is 113 Å². The summed E-state index contributed by atoms with van der Waals surface area (Å²) < 4.78 is 5.02. The Kier molecular flexibility index (Phi) is 5.18. The second-order valence-corrected chi connectivity index (χ2v) is 4.71. The largest absolute Gasteiger partial charge is 0.504 e. The number of para-hydroxylation sites is 1. The van der Waals surface area contributed by atoms with Crippen molar-refractivity contribution >= 4 is 5.97 Å². The molecule has 0 spiro atoms. The van der Waals surface area contributed by atoms with Gasteiger partial charge in [-0.05, 0) is 19.4 Å². The number of ether oxygens (including phenoxy) is 1. The van der Waals surface area contributed by atoms with Gasteiger partial charge in [-0.2, -0.15) is 0 Å². The van der Waals surface area contributed by atoms with Crippen LogP contribution in [0.15, 0.2) is 18.2 Å². The van der Waals surface area contributed by atoms with Crippen molar-refractivity contribution in [1.29, 1.82) is 0 Å². The minimum atomic E-state index is -0.996. The molecule has 1 aromatic rings. The van der Waals surface area contributed by atoms with Gasteiger partial charge in [0.2, 0.25) is 0 Å². The number of rotatable bonds is 7. The van der Waals surface area contributed by atoms with Crippen LogP contribution in [0.1, 0.15) is 32.3 Å². The molecule has 0 aliphatic carbocycles. The lowest BCUT2D eigenvalue weighted by molar-refractivity contribution is -0.144. The molecule has 0 radical (unpaired) electrons. The molecule has 0 saturated carbocycles. The third-order valence-corrected chi connectivity index (χ3v) is 3.19. The standard InChI is InChI=1S/C14H21NO4/c1-4-8-14(2,13(17)18)15-9-10-6-5-7-11(19-3)12(10)16/h5-7,15-16H,4,8-9H2,1-3H3,(H,17,18). The predicted octanol–water partition coefficient (Wildman–Crippen LogP) is 2.13. The van der Waals surface area contributed by atoms with Gasteiger partial charge in [-0.1, -0.05) is 25.5 Å². The SMILES string of the molecule is CCCC(C)(NCc1cccc(OC)c1O)C(=O)O. The third kappa shape index (κ3) is 3.61. The molecule has 0 aliphatic heterocycles. The molecule has 0 amide bonds. The van der Waals surface area contributed by atoms with E-state index in [9.17, 15) is 15.0 Å². The van der Waals surface area contributed by atoms with Crippen LogP contribution in [0, 0.1) is 0 Å². The van der Waals surface area contributed by atoms with Crippen molar-refractivity contribution in [2.75, 3.05) is 7.11 Å². The van der Waals surface area contributed by atoms with E-state index in [0.29, 0.717) is 17.7 Å². The number of aliphatic carboxylic acids is 1. The Morgan fingerprint density at radius 2 is 2.16 bits per heavy atom. The minimum Gasteiger partial charge on any atom is -0.504 e. The number of hydrogen-bond donors (Lipinski definition) is 3. The average Bonchev–Trinajstić information content (AvgIpc) is 2.37. The Morgan fingerprint density at radius 1 is 1.47 bits per heavy atom. The predicted molar refractivity (Wildman–Crippen MR) is 72.4 cm³/mol. The van der Waals surface area contributed by atoms with Crippen LogP contribution < -0.4 is 10.1 Å². The lowest BCUT2D eigenvalue weighted by Crippen LogP contribution is -2.48. The highest BCUT2D eigenvalue weighted by Crippen LogP contribution is 2.29. The number of hydrogen-bond acceptors (Lipinski definition) is 4. The molecular weight excluding hydrogens is 246 g/mol. The molecule has 1 aromatic carbocycles. The smallest absolute Gasteiger partial charge is 0.323 e. The van der Waals surface area contributed by atoms with Crippen LogP contribution in [0.2, 0.25) is 0 Å². The van der Waals surface area contributed by atoms with E-state index < -0.39 is 11.5 Å². The molecule has 1 atom stereocenters. The molecule has 1 rings (SSSR count). The monoisotopic (exact) mass is 267 g/mol. The Hall–Kier alpha value is -1.75. The van der Waals surface area contributed by atoms with Gasteiger partial charge in [-0.25, -0.2) is 0 Å². The lowest BCUT2D eigenvalue weighted by Gasteiger charge is -2.26. The van der Waals surface area contributed by atoms with E-state index >= 15 is 0 Å². The van der Waals surface area contributed by atoms with Crippen molar-refractivity contribution in [1.82, 2.24) is 5.32 Å². The summed E-state index contributed by atoms with van der Waals surface area (Å²) in [6, 6.07) is 5.15.